The zero-order valence-electron chi connectivity index (χ0n) is 11.7. The van der Waals surface area contributed by atoms with E-state index in [2.05, 4.69) is 26.9 Å². The van der Waals surface area contributed by atoms with Crippen LogP contribution in [0.25, 0.3) is 10.9 Å². The van der Waals surface area contributed by atoms with E-state index in [0.717, 1.165) is 36.1 Å². The Morgan fingerprint density at radius 3 is 3.29 bits per heavy atom. The lowest BCUT2D eigenvalue weighted by atomic mass is 10.1. The Balaban J connectivity index is 1.50. The van der Waals surface area contributed by atoms with Crippen LogP contribution in [-0.4, -0.2) is 58.5 Å². The molecule has 2 aromatic rings. The summed E-state index contributed by atoms with van der Waals surface area (Å²) in [6, 6.07) is 6.27. The van der Waals surface area contributed by atoms with E-state index in [-0.39, 0.29) is 6.04 Å². The number of piperazine rings is 1. The standard InChI is InChI=1S/C14H19N5O2/c20-14(21)19-6-5-16-12(9-19)3-4-15-11-1-2-13-10(7-11)8-17-18-13/h1-2,7-8,12,15-16H,3-6,9H2,(H,17,18)(H,20,21)/t12-/m1/s1. The topological polar surface area (TPSA) is 93.3 Å². The summed E-state index contributed by atoms with van der Waals surface area (Å²) in [5.41, 5.74) is 2.07. The number of fused-ring (bicyclic) bond motifs is 1. The number of H-pyrrole nitrogens is 1. The van der Waals surface area contributed by atoms with Gasteiger partial charge in [0.2, 0.25) is 0 Å². The molecular formula is C14H19N5O2. The number of amides is 1. The predicted octanol–water partition coefficient (Wildman–Crippen LogP) is 1.32. The van der Waals surface area contributed by atoms with Crippen molar-refractivity contribution in [1.29, 1.82) is 0 Å². The molecule has 0 radical (unpaired) electrons. The van der Waals surface area contributed by atoms with Crippen LogP contribution in [0.4, 0.5) is 10.5 Å². The van der Waals surface area contributed by atoms with E-state index in [9.17, 15) is 4.79 Å². The van der Waals surface area contributed by atoms with Gasteiger partial charge in [-0.3, -0.25) is 5.10 Å². The van der Waals surface area contributed by atoms with Gasteiger partial charge in [-0.2, -0.15) is 5.10 Å². The number of carboxylic acid groups (broad SMARTS) is 1. The quantitative estimate of drug-likeness (QED) is 0.681. The minimum absolute atomic E-state index is 0.208. The third-order valence-electron chi connectivity index (χ3n) is 3.79. The monoisotopic (exact) mass is 289 g/mol. The first-order chi connectivity index (χ1) is 10.2. The van der Waals surface area contributed by atoms with Crippen LogP contribution in [0.5, 0.6) is 0 Å². The highest BCUT2D eigenvalue weighted by molar-refractivity contribution is 5.81. The Labute approximate surface area is 122 Å². The van der Waals surface area contributed by atoms with Crippen LogP contribution in [-0.2, 0) is 0 Å². The molecule has 0 bridgehead atoms. The summed E-state index contributed by atoms with van der Waals surface area (Å²) in [7, 11) is 0. The van der Waals surface area contributed by atoms with Crippen LogP contribution in [0.1, 0.15) is 6.42 Å². The number of hydrogen-bond acceptors (Lipinski definition) is 4. The van der Waals surface area contributed by atoms with Crippen molar-refractivity contribution >= 4 is 22.7 Å². The van der Waals surface area contributed by atoms with Gasteiger partial charge in [0.1, 0.15) is 0 Å². The molecule has 1 saturated heterocycles. The predicted molar refractivity (Wildman–Crippen MR) is 80.6 cm³/mol. The van der Waals surface area contributed by atoms with Crippen LogP contribution < -0.4 is 10.6 Å². The van der Waals surface area contributed by atoms with Crippen LogP contribution >= 0.6 is 0 Å². The number of benzene rings is 1. The van der Waals surface area contributed by atoms with Gasteiger partial charge >= 0.3 is 6.09 Å². The normalized spacial score (nSPS) is 18.9. The average Bonchev–Trinajstić information content (AvgIpc) is 2.95. The average molecular weight is 289 g/mol. The van der Waals surface area contributed by atoms with Gasteiger partial charge in [0.25, 0.3) is 0 Å². The van der Waals surface area contributed by atoms with Crippen LogP contribution in [0, 0.1) is 0 Å². The van der Waals surface area contributed by atoms with E-state index in [0.29, 0.717) is 13.1 Å². The molecule has 1 fully saturated rings. The van der Waals surface area contributed by atoms with Gasteiger partial charge in [-0.25, -0.2) is 4.79 Å². The molecule has 0 aliphatic carbocycles. The molecular weight excluding hydrogens is 270 g/mol. The van der Waals surface area contributed by atoms with Crippen molar-refractivity contribution in [2.45, 2.75) is 12.5 Å². The zero-order chi connectivity index (χ0) is 14.7. The highest BCUT2D eigenvalue weighted by Gasteiger charge is 2.21. The Morgan fingerprint density at radius 1 is 1.52 bits per heavy atom. The van der Waals surface area contributed by atoms with Crippen LogP contribution in [0.3, 0.4) is 0 Å². The van der Waals surface area contributed by atoms with E-state index in [1.807, 2.05) is 12.1 Å². The summed E-state index contributed by atoms with van der Waals surface area (Å²) in [6.07, 6.45) is 1.85. The summed E-state index contributed by atoms with van der Waals surface area (Å²) in [5, 5.41) is 23.7. The van der Waals surface area contributed by atoms with Gasteiger partial charge in [0, 0.05) is 43.3 Å². The first-order valence-electron chi connectivity index (χ1n) is 7.10. The maximum Gasteiger partial charge on any atom is 0.407 e. The van der Waals surface area contributed by atoms with Gasteiger partial charge in [-0.1, -0.05) is 0 Å². The van der Waals surface area contributed by atoms with Gasteiger partial charge in [0.05, 0.1) is 11.7 Å². The second-order valence-corrected chi connectivity index (χ2v) is 5.27. The third-order valence-corrected chi connectivity index (χ3v) is 3.79. The first kappa shape index (κ1) is 13.7. The lowest BCUT2D eigenvalue weighted by molar-refractivity contribution is 0.128. The molecule has 1 aliphatic rings. The van der Waals surface area contributed by atoms with Crippen molar-refractivity contribution in [3.05, 3.63) is 24.4 Å². The molecule has 1 aromatic heterocycles. The lowest BCUT2D eigenvalue weighted by Crippen LogP contribution is -2.52. The molecule has 1 aliphatic heterocycles. The Kier molecular flexibility index (Phi) is 3.92. The third kappa shape index (κ3) is 3.25. The molecule has 1 atom stereocenters. The maximum atomic E-state index is 11.0. The van der Waals surface area contributed by atoms with E-state index in [1.165, 1.54) is 4.90 Å². The minimum Gasteiger partial charge on any atom is -0.465 e. The van der Waals surface area contributed by atoms with Crippen molar-refractivity contribution in [3.63, 3.8) is 0 Å². The molecule has 7 nitrogen and oxygen atoms in total. The number of nitrogens with zero attached hydrogens (tertiary/aromatic N) is 2. The van der Waals surface area contributed by atoms with Crippen LogP contribution in [0.2, 0.25) is 0 Å². The van der Waals surface area contributed by atoms with Crippen molar-refractivity contribution in [2.75, 3.05) is 31.5 Å². The highest BCUT2D eigenvalue weighted by Crippen LogP contribution is 2.16. The van der Waals surface area contributed by atoms with Crippen LogP contribution in [0.15, 0.2) is 24.4 Å². The molecule has 1 amide bonds. The fraction of sp³-hybridized carbons (Fsp3) is 0.429. The van der Waals surface area contributed by atoms with Crippen molar-refractivity contribution < 1.29 is 9.90 Å². The number of rotatable bonds is 4. The lowest BCUT2D eigenvalue weighted by Gasteiger charge is -2.31. The van der Waals surface area contributed by atoms with Gasteiger partial charge in [-0.05, 0) is 24.6 Å². The maximum absolute atomic E-state index is 11.0. The fourth-order valence-corrected chi connectivity index (χ4v) is 2.64. The van der Waals surface area contributed by atoms with E-state index >= 15 is 0 Å². The molecule has 4 N–H and O–H groups in total. The molecule has 0 spiro atoms. The Morgan fingerprint density at radius 2 is 2.43 bits per heavy atom. The second-order valence-electron chi connectivity index (χ2n) is 5.27. The largest absolute Gasteiger partial charge is 0.465 e. The molecule has 0 saturated carbocycles. The van der Waals surface area contributed by atoms with Crippen molar-refractivity contribution in [1.82, 2.24) is 20.4 Å². The Hall–Kier alpha value is -2.28. The number of aromatic amines is 1. The SMILES string of the molecule is O=C(O)N1CCN[C@H](CCNc2ccc3[nH]ncc3c2)C1. The van der Waals surface area contributed by atoms with Gasteiger partial charge in [0.15, 0.2) is 0 Å². The fourth-order valence-electron chi connectivity index (χ4n) is 2.64. The number of aromatic nitrogens is 2. The molecule has 7 heteroatoms. The molecule has 21 heavy (non-hydrogen) atoms. The van der Waals surface area contributed by atoms with E-state index in [1.54, 1.807) is 6.20 Å². The van der Waals surface area contributed by atoms with Gasteiger partial charge < -0.3 is 20.6 Å². The number of carbonyl (C=O) groups is 1. The summed E-state index contributed by atoms with van der Waals surface area (Å²) in [6.45, 7) is 2.64. The second kappa shape index (κ2) is 6.01. The summed E-state index contributed by atoms with van der Waals surface area (Å²) in [5.74, 6) is 0. The van der Waals surface area contributed by atoms with Crippen molar-refractivity contribution in [3.8, 4) is 0 Å². The zero-order valence-corrected chi connectivity index (χ0v) is 11.7. The number of anilines is 1. The molecule has 112 valence electrons. The van der Waals surface area contributed by atoms with E-state index < -0.39 is 6.09 Å². The van der Waals surface area contributed by atoms with Crippen molar-refractivity contribution in [2.24, 2.45) is 0 Å². The molecule has 2 heterocycles. The van der Waals surface area contributed by atoms with Gasteiger partial charge in [-0.15, -0.1) is 0 Å². The summed E-state index contributed by atoms with van der Waals surface area (Å²) < 4.78 is 0. The summed E-state index contributed by atoms with van der Waals surface area (Å²) in [4.78, 5) is 12.4. The molecule has 3 rings (SSSR count). The summed E-state index contributed by atoms with van der Waals surface area (Å²) >= 11 is 0. The minimum atomic E-state index is -0.833. The van der Waals surface area contributed by atoms with E-state index in [4.69, 9.17) is 5.11 Å². The Bertz CT molecular complexity index is 627. The smallest absolute Gasteiger partial charge is 0.407 e. The molecule has 1 aromatic carbocycles. The first-order valence-corrected chi connectivity index (χ1v) is 7.10. The highest BCUT2D eigenvalue weighted by atomic mass is 16.4. The molecule has 0 unspecified atom stereocenters. The number of hydrogen-bond donors (Lipinski definition) is 4. The number of nitrogens with one attached hydrogen (secondary N) is 3.